The van der Waals surface area contributed by atoms with E-state index in [-0.39, 0.29) is 6.10 Å². The van der Waals surface area contributed by atoms with Gasteiger partial charge in [-0.1, -0.05) is 13.3 Å². The number of hydrogen-bond donors (Lipinski definition) is 1. The molecule has 1 unspecified atom stereocenters. The Morgan fingerprint density at radius 1 is 1.37 bits per heavy atom. The Hall–Kier alpha value is -1.22. The first kappa shape index (κ1) is 14.2. The van der Waals surface area contributed by atoms with Crippen molar-refractivity contribution in [3.05, 3.63) is 23.3 Å². The van der Waals surface area contributed by atoms with Crippen molar-refractivity contribution in [2.75, 3.05) is 13.2 Å². The van der Waals surface area contributed by atoms with Crippen LogP contribution < -0.4 is 14.8 Å². The summed E-state index contributed by atoms with van der Waals surface area (Å²) in [6.45, 7) is 8.95. The predicted octanol–water partition coefficient (Wildman–Crippen LogP) is 3.30. The van der Waals surface area contributed by atoms with Crippen LogP contribution in [0.3, 0.4) is 0 Å². The Bertz CT molecular complexity index is 417. The largest absolute Gasteiger partial charge is 0.494 e. The topological polar surface area (TPSA) is 30.5 Å². The van der Waals surface area contributed by atoms with E-state index in [0.29, 0.717) is 6.61 Å². The van der Waals surface area contributed by atoms with Crippen molar-refractivity contribution in [2.45, 2.75) is 52.7 Å². The molecule has 0 aliphatic carbocycles. The molecule has 106 valence electrons. The lowest BCUT2D eigenvalue weighted by molar-refractivity contribution is 0.254. The number of nitrogens with one attached hydrogen (secondary N) is 1. The van der Waals surface area contributed by atoms with Crippen LogP contribution in [0.2, 0.25) is 0 Å². The summed E-state index contributed by atoms with van der Waals surface area (Å²) in [6.07, 6.45) is 3.70. The second-order valence-electron chi connectivity index (χ2n) is 5.16. The van der Waals surface area contributed by atoms with Crippen molar-refractivity contribution < 1.29 is 9.47 Å². The van der Waals surface area contributed by atoms with Crippen molar-refractivity contribution >= 4 is 0 Å². The minimum Gasteiger partial charge on any atom is -0.494 e. The Kier molecular flexibility index (Phi) is 5.08. The molecule has 19 heavy (non-hydrogen) atoms. The average Bonchev–Trinajstić information content (AvgIpc) is 2.74. The number of fused-ring (bicyclic) bond motifs is 1. The third-order valence-electron chi connectivity index (χ3n) is 3.40. The van der Waals surface area contributed by atoms with Gasteiger partial charge < -0.3 is 14.8 Å². The summed E-state index contributed by atoms with van der Waals surface area (Å²) in [7, 11) is 0. The molecule has 1 aliphatic rings. The Morgan fingerprint density at radius 3 is 2.95 bits per heavy atom. The van der Waals surface area contributed by atoms with E-state index in [4.69, 9.17) is 9.47 Å². The van der Waals surface area contributed by atoms with Crippen LogP contribution in [-0.4, -0.2) is 19.3 Å². The van der Waals surface area contributed by atoms with E-state index in [0.717, 1.165) is 31.0 Å². The first-order chi connectivity index (χ1) is 9.24. The Morgan fingerprint density at radius 2 is 2.21 bits per heavy atom. The summed E-state index contributed by atoms with van der Waals surface area (Å²) in [4.78, 5) is 0. The normalized spacial score (nSPS) is 17.1. The summed E-state index contributed by atoms with van der Waals surface area (Å²) in [5.41, 5.74) is 2.47. The van der Waals surface area contributed by atoms with Gasteiger partial charge in [0.05, 0.1) is 6.61 Å². The third kappa shape index (κ3) is 3.63. The lowest BCUT2D eigenvalue weighted by Gasteiger charge is -2.13. The first-order valence-electron chi connectivity index (χ1n) is 7.40. The molecule has 1 aliphatic heterocycles. The zero-order valence-corrected chi connectivity index (χ0v) is 12.3. The molecule has 1 N–H and O–H groups in total. The molecule has 0 amide bonds. The zero-order valence-electron chi connectivity index (χ0n) is 12.3. The number of ether oxygens (including phenoxy) is 2. The van der Waals surface area contributed by atoms with Gasteiger partial charge in [0.25, 0.3) is 0 Å². The molecule has 0 aromatic heterocycles. The van der Waals surface area contributed by atoms with Crippen LogP contribution in [0.5, 0.6) is 11.5 Å². The molecule has 1 aromatic carbocycles. The van der Waals surface area contributed by atoms with Crippen LogP contribution in [-0.2, 0) is 13.0 Å². The van der Waals surface area contributed by atoms with Gasteiger partial charge >= 0.3 is 0 Å². The van der Waals surface area contributed by atoms with Crippen molar-refractivity contribution in [2.24, 2.45) is 0 Å². The monoisotopic (exact) mass is 263 g/mol. The highest BCUT2D eigenvalue weighted by Gasteiger charge is 2.21. The highest BCUT2D eigenvalue weighted by molar-refractivity contribution is 5.48. The van der Waals surface area contributed by atoms with Crippen LogP contribution in [0.25, 0.3) is 0 Å². The third-order valence-corrected chi connectivity index (χ3v) is 3.40. The maximum Gasteiger partial charge on any atom is 0.124 e. The van der Waals surface area contributed by atoms with E-state index in [1.54, 1.807) is 0 Å². The minimum atomic E-state index is 0.285. The summed E-state index contributed by atoms with van der Waals surface area (Å²) >= 11 is 0. The van der Waals surface area contributed by atoms with Crippen molar-refractivity contribution in [1.29, 1.82) is 0 Å². The fraction of sp³-hybridized carbons (Fsp3) is 0.625. The van der Waals surface area contributed by atoms with Crippen LogP contribution in [0, 0.1) is 0 Å². The first-order valence-corrected chi connectivity index (χ1v) is 7.40. The standard InChI is InChI=1S/C16H25NO2/c1-4-6-7-17-11-14-10-16-13(8-12(3)19-16)9-15(14)18-5-2/h9-10,12,17H,4-8,11H2,1-3H3. The second kappa shape index (κ2) is 6.80. The number of hydrogen-bond acceptors (Lipinski definition) is 3. The molecule has 1 atom stereocenters. The molecule has 0 fully saturated rings. The number of benzene rings is 1. The predicted molar refractivity (Wildman–Crippen MR) is 78.0 cm³/mol. The van der Waals surface area contributed by atoms with E-state index >= 15 is 0 Å². The molecule has 1 aromatic rings. The SMILES string of the molecule is CCCCNCc1cc2c(cc1OCC)CC(C)O2. The highest BCUT2D eigenvalue weighted by atomic mass is 16.5. The van der Waals surface area contributed by atoms with Gasteiger partial charge in [-0.3, -0.25) is 0 Å². The quantitative estimate of drug-likeness (QED) is 0.766. The van der Waals surface area contributed by atoms with Crippen LogP contribution in [0.15, 0.2) is 12.1 Å². The molecule has 0 radical (unpaired) electrons. The van der Waals surface area contributed by atoms with Crippen LogP contribution in [0.4, 0.5) is 0 Å². The maximum absolute atomic E-state index is 5.82. The lowest BCUT2D eigenvalue weighted by Crippen LogP contribution is -2.15. The molecule has 0 saturated carbocycles. The van der Waals surface area contributed by atoms with Gasteiger partial charge in [-0.25, -0.2) is 0 Å². The van der Waals surface area contributed by atoms with Gasteiger partial charge in [0.15, 0.2) is 0 Å². The molecule has 0 spiro atoms. The van der Waals surface area contributed by atoms with E-state index in [1.165, 1.54) is 24.0 Å². The van der Waals surface area contributed by atoms with Crippen molar-refractivity contribution in [1.82, 2.24) is 5.32 Å². The maximum atomic E-state index is 5.82. The molecule has 3 nitrogen and oxygen atoms in total. The van der Waals surface area contributed by atoms with Gasteiger partial charge in [-0.15, -0.1) is 0 Å². The van der Waals surface area contributed by atoms with E-state index in [1.807, 2.05) is 6.92 Å². The summed E-state index contributed by atoms with van der Waals surface area (Å²) in [6, 6.07) is 4.29. The molecule has 3 heteroatoms. The van der Waals surface area contributed by atoms with Crippen LogP contribution >= 0.6 is 0 Å². The molecule has 0 saturated heterocycles. The van der Waals surface area contributed by atoms with E-state index in [2.05, 4.69) is 31.3 Å². The van der Waals surface area contributed by atoms with Gasteiger partial charge in [-0.05, 0) is 38.9 Å². The Labute approximate surface area is 116 Å². The minimum absolute atomic E-state index is 0.285. The van der Waals surface area contributed by atoms with Gasteiger partial charge in [0, 0.05) is 24.1 Å². The molecule has 1 heterocycles. The molecular weight excluding hydrogens is 238 g/mol. The Balaban J connectivity index is 2.09. The average molecular weight is 263 g/mol. The highest BCUT2D eigenvalue weighted by Crippen LogP contribution is 2.35. The van der Waals surface area contributed by atoms with Crippen molar-refractivity contribution in [3.63, 3.8) is 0 Å². The number of unbranched alkanes of at least 4 members (excludes halogenated alkanes) is 1. The van der Waals surface area contributed by atoms with E-state index in [9.17, 15) is 0 Å². The summed E-state index contributed by atoms with van der Waals surface area (Å²) in [5, 5.41) is 3.47. The summed E-state index contributed by atoms with van der Waals surface area (Å²) in [5.74, 6) is 2.03. The summed E-state index contributed by atoms with van der Waals surface area (Å²) < 4.78 is 11.6. The smallest absolute Gasteiger partial charge is 0.124 e. The van der Waals surface area contributed by atoms with Gasteiger partial charge in [-0.2, -0.15) is 0 Å². The fourth-order valence-electron chi connectivity index (χ4n) is 2.43. The molecule has 0 bridgehead atoms. The van der Waals surface area contributed by atoms with Crippen molar-refractivity contribution in [3.8, 4) is 11.5 Å². The zero-order chi connectivity index (χ0) is 13.7. The van der Waals surface area contributed by atoms with Crippen LogP contribution in [0.1, 0.15) is 44.7 Å². The van der Waals surface area contributed by atoms with E-state index < -0.39 is 0 Å². The molecular formula is C16H25NO2. The lowest BCUT2D eigenvalue weighted by atomic mass is 10.1. The molecule has 2 rings (SSSR count). The fourth-order valence-corrected chi connectivity index (χ4v) is 2.43. The van der Waals surface area contributed by atoms with Gasteiger partial charge in [0.2, 0.25) is 0 Å². The van der Waals surface area contributed by atoms with Gasteiger partial charge in [0.1, 0.15) is 17.6 Å². The number of rotatable bonds is 7. The second-order valence-corrected chi connectivity index (χ2v) is 5.16.